The van der Waals surface area contributed by atoms with Crippen LogP contribution in [-0.2, 0) is 11.8 Å². The van der Waals surface area contributed by atoms with Crippen molar-refractivity contribution in [2.45, 2.75) is 33.6 Å². The number of hydrogen-bond acceptors (Lipinski definition) is 6. The summed E-state index contributed by atoms with van der Waals surface area (Å²) in [5.74, 6) is 0.750. The third kappa shape index (κ3) is 4.74. The second-order valence-corrected chi connectivity index (χ2v) is 9.96. The van der Waals surface area contributed by atoms with E-state index < -0.39 is 0 Å². The van der Waals surface area contributed by atoms with E-state index in [1.165, 1.54) is 11.3 Å². The monoisotopic (exact) mass is 530 g/mol. The molecule has 0 bridgehead atoms. The Bertz CT molecular complexity index is 1640. The molecular formula is C28H30N6O3S. The third-order valence-corrected chi connectivity index (χ3v) is 7.58. The highest BCUT2D eigenvalue weighted by Gasteiger charge is 2.19. The Balaban J connectivity index is 1.67. The molecule has 5 rings (SSSR count). The van der Waals surface area contributed by atoms with Gasteiger partial charge in [0.15, 0.2) is 12.3 Å². The van der Waals surface area contributed by atoms with Gasteiger partial charge in [0.25, 0.3) is 11.5 Å². The van der Waals surface area contributed by atoms with Gasteiger partial charge < -0.3 is 10.1 Å². The van der Waals surface area contributed by atoms with Gasteiger partial charge >= 0.3 is 0 Å². The van der Waals surface area contributed by atoms with Crippen LogP contribution in [0.1, 0.15) is 32.4 Å². The summed E-state index contributed by atoms with van der Waals surface area (Å²) in [5, 5.41) is 9.66. The molecule has 1 N–H and O–H groups in total. The lowest BCUT2D eigenvalue weighted by atomic mass is 10.1. The Morgan fingerprint density at radius 1 is 1.13 bits per heavy atom. The zero-order valence-corrected chi connectivity index (χ0v) is 22.7. The molecule has 0 aliphatic carbocycles. The van der Waals surface area contributed by atoms with Gasteiger partial charge in [-0.25, -0.2) is 14.4 Å². The molecule has 0 fully saturated rings. The summed E-state index contributed by atoms with van der Waals surface area (Å²) < 4.78 is 10.7. The number of carbonyl (C=O) groups excluding carboxylic acids is 1. The van der Waals surface area contributed by atoms with E-state index in [0.717, 1.165) is 35.5 Å². The Hall–Kier alpha value is -4.18. The predicted octanol–water partition coefficient (Wildman–Crippen LogP) is 4.85. The molecule has 9 nitrogen and oxygen atoms in total. The molecule has 0 spiro atoms. The van der Waals surface area contributed by atoms with Crippen molar-refractivity contribution in [3.63, 3.8) is 0 Å². The van der Waals surface area contributed by atoms with E-state index in [1.807, 2.05) is 78.8 Å². The Kier molecular flexibility index (Phi) is 7.15. The predicted molar refractivity (Wildman–Crippen MR) is 151 cm³/mol. The lowest BCUT2D eigenvalue weighted by Crippen LogP contribution is -2.25. The van der Waals surface area contributed by atoms with Crippen molar-refractivity contribution in [1.29, 1.82) is 0 Å². The molecule has 0 atom stereocenters. The van der Waals surface area contributed by atoms with Crippen LogP contribution in [0.15, 0.2) is 68.8 Å². The summed E-state index contributed by atoms with van der Waals surface area (Å²) in [4.78, 5) is 30.8. The van der Waals surface area contributed by atoms with Crippen LogP contribution in [-0.4, -0.2) is 32.8 Å². The molecule has 1 aliphatic heterocycles. The first-order valence-corrected chi connectivity index (χ1v) is 13.5. The van der Waals surface area contributed by atoms with Gasteiger partial charge in [-0.2, -0.15) is 5.10 Å². The molecule has 38 heavy (non-hydrogen) atoms. The van der Waals surface area contributed by atoms with Crippen molar-refractivity contribution < 1.29 is 9.53 Å². The van der Waals surface area contributed by atoms with Crippen LogP contribution in [0.4, 0.5) is 11.4 Å². The lowest BCUT2D eigenvalue weighted by Gasteiger charge is -2.18. The zero-order valence-electron chi connectivity index (χ0n) is 21.8. The number of aromatic nitrogens is 3. The summed E-state index contributed by atoms with van der Waals surface area (Å²) in [7, 11) is 1.85. The summed E-state index contributed by atoms with van der Waals surface area (Å²) in [6, 6.07) is 15.2. The van der Waals surface area contributed by atoms with Gasteiger partial charge in [0.2, 0.25) is 4.80 Å². The number of fused-ring (bicyclic) bond motifs is 1. The molecule has 196 valence electrons. The minimum atomic E-state index is -0.199. The van der Waals surface area contributed by atoms with Crippen LogP contribution >= 0.6 is 11.3 Å². The van der Waals surface area contributed by atoms with Crippen LogP contribution in [0.25, 0.3) is 16.9 Å². The number of thiazole rings is 1. The summed E-state index contributed by atoms with van der Waals surface area (Å²) in [5.41, 5.74) is 3.95. The minimum Gasteiger partial charge on any atom is -0.482 e. The second kappa shape index (κ2) is 10.7. The second-order valence-electron chi connectivity index (χ2n) is 9.13. The van der Waals surface area contributed by atoms with E-state index in [-0.39, 0.29) is 18.1 Å². The molecule has 0 radical (unpaired) electrons. The highest BCUT2D eigenvalue weighted by molar-refractivity contribution is 7.07. The van der Waals surface area contributed by atoms with E-state index in [0.29, 0.717) is 27.8 Å². The number of anilines is 1. The Morgan fingerprint density at radius 2 is 1.89 bits per heavy atom. The number of amides is 1. The fourth-order valence-corrected chi connectivity index (χ4v) is 5.21. The zero-order chi connectivity index (χ0) is 26.8. The number of carbonyl (C=O) groups is 1. The molecule has 2 aromatic carbocycles. The number of rotatable bonds is 7. The van der Waals surface area contributed by atoms with Gasteiger partial charge in [0, 0.05) is 24.2 Å². The van der Waals surface area contributed by atoms with Gasteiger partial charge in [0.05, 0.1) is 22.8 Å². The van der Waals surface area contributed by atoms with Crippen molar-refractivity contribution in [1.82, 2.24) is 14.0 Å². The largest absolute Gasteiger partial charge is 0.482 e. The van der Waals surface area contributed by atoms with Crippen LogP contribution in [0.5, 0.6) is 5.75 Å². The van der Waals surface area contributed by atoms with Crippen LogP contribution in [0.2, 0.25) is 0 Å². The average Bonchev–Trinajstić information content (AvgIpc) is 3.42. The normalized spacial score (nSPS) is 13.7. The van der Waals surface area contributed by atoms with Crippen molar-refractivity contribution in [2.75, 3.05) is 11.9 Å². The molecule has 2 aromatic heterocycles. The molecule has 1 aliphatic rings. The lowest BCUT2D eigenvalue weighted by molar-refractivity contribution is -0.118. The van der Waals surface area contributed by atoms with Crippen molar-refractivity contribution >= 4 is 34.8 Å². The smallest absolute Gasteiger partial charge is 0.297 e. The van der Waals surface area contributed by atoms with Crippen LogP contribution < -0.4 is 20.4 Å². The van der Waals surface area contributed by atoms with Crippen molar-refractivity contribution in [2.24, 2.45) is 23.1 Å². The molecule has 4 aromatic rings. The van der Waals surface area contributed by atoms with E-state index >= 15 is 0 Å². The van der Waals surface area contributed by atoms with E-state index in [4.69, 9.17) is 14.8 Å². The standard InChI is InChI=1S/C28H30N6O3S/c1-5-19(6-2)15-29-33-23(20-12-13-24-22(14-20)30-25(35)16-37-24)17-38-28(33)31-26-18(3)32(4)34(27(26)36)21-10-8-7-9-11-21/h7-15,17,19H,5-6,16H2,1-4H3,(H,30,35)/b29-15+,31-28?. The van der Waals surface area contributed by atoms with Crippen molar-refractivity contribution in [3.8, 4) is 22.7 Å². The Morgan fingerprint density at radius 3 is 2.63 bits per heavy atom. The number of benzene rings is 2. The maximum atomic E-state index is 13.5. The maximum Gasteiger partial charge on any atom is 0.297 e. The summed E-state index contributed by atoms with van der Waals surface area (Å²) in [6.07, 6.45) is 3.88. The first kappa shape index (κ1) is 25.5. The maximum absolute atomic E-state index is 13.5. The summed E-state index contributed by atoms with van der Waals surface area (Å²) >= 11 is 1.41. The third-order valence-electron chi connectivity index (χ3n) is 6.77. The minimum absolute atomic E-state index is 0.00444. The first-order chi connectivity index (χ1) is 18.4. The highest BCUT2D eigenvalue weighted by atomic mass is 32.1. The number of ether oxygens (including phenoxy) is 1. The molecule has 1 amide bonds. The van der Waals surface area contributed by atoms with Gasteiger partial charge in [-0.05, 0) is 56.0 Å². The fourth-order valence-electron chi connectivity index (χ4n) is 4.37. The average molecular weight is 531 g/mol. The number of hydrogen-bond donors (Lipinski definition) is 1. The van der Waals surface area contributed by atoms with Gasteiger partial charge in [-0.15, -0.1) is 11.3 Å². The van der Waals surface area contributed by atoms with Crippen LogP contribution in [0, 0.1) is 12.8 Å². The Labute approximate surface area is 224 Å². The SMILES string of the molecule is CCC(/C=N/n1c(-c2ccc3c(c2)NC(=O)CO3)csc1=Nc1c(C)n(C)n(-c2ccccc2)c1=O)CC. The topological polar surface area (TPSA) is 94.9 Å². The fraction of sp³-hybridized carbons (Fsp3) is 0.286. The number of nitrogens with zero attached hydrogens (tertiary/aromatic N) is 5. The molecule has 0 saturated carbocycles. The van der Waals surface area contributed by atoms with E-state index in [1.54, 1.807) is 9.36 Å². The highest BCUT2D eigenvalue weighted by Crippen LogP contribution is 2.33. The molecule has 0 unspecified atom stereocenters. The number of para-hydroxylation sites is 1. The molecule has 0 saturated heterocycles. The first-order valence-electron chi connectivity index (χ1n) is 12.6. The van der Waals surface area contributed by atoms with E-state index in [2.05, 4.69) is 19.2 Å². The molecule has 3 heterocycles. The molecule has 10 heteroatoms. The van der Waals surface area contributed by atoms with Crippen molar-refractivity contribution in [3.05, 3.63) is 74.8 Å². The van der Waals surface area contributed by atoms with E-state index in [9.17, 15) is 9.59 Å². The van der Waals surface area contributed by atoms with Gasteiger partial charge in [-0.3, -0.25) is 14.3 Å². The quantitative estimate of drug-likeness (QED) is 0.346. The van der Waals surface area contributed by atoms with Gasteiger partial charge in [0.1, 0.15) is 5.75 Å². The number of nitrogens with one attached hydrogen (secondary N) is 1. The van der Waals surface area contributed by atoms with Gasteiger partial charge in [-0.1, -0.05) is 32.0 Å². The summed E-state index contributed by atoms with van der Waals surface area (Å²) in [6.45, 7) is 6.16. The van der Waals surface area contributed by atoms with Crippen LogP contribution in [0.3, 0.4) is 0 Å². The molecular weight excluding hydrogens is 500 g/mol.